The van der Waals surface area contributed by atoms with E-state index in [1.54, 1.807) is 13.8 Å². The average molecular weight is 166 g/mol. The van der Waals surface area contributed by atoms with E-state index in [1.807, 2.05) is 0 Å². The molecular weight excluding hydrogens is 154 g/mol. The minimum atomic E-state index is -1.07. The second-order valence-corrected chi connectivity index (χ2v) is 4.23. The fourth-order valence-corrected chi connectivity index (χ4v) is 0.286. The highest BCUT2D eigenvalue weighted by Crippen LogP contribution is 2.30. The quantitative estimate of drug-likeness (QED) is 0.357. The molecule has 0 atom stereocenters. The van der Waals surface area contributed by atoms with Crippen molar-refractivity contribution in [1.29, 1.82) is 0 Å². The Morgan fingerprint density at radius 1 is 1.30 bits per heavy atom. The smallest absolute Gasteiger partial charge is 0.235 e. The van der Waals surface area contributed by atoms with Crippen LogP contribution in [0.3, 0.4) is 0 Å². The van der Waals surface area contributed by atoms with Crippen LogP contribution >= 0.6 is 11.6 Å². The van der Waals surface area contributed by atoms with Gasteiger partial charge in [0.05, 0.1) is 0 Å². The second kappa shape index (κ2) is 2.38. The maximum Gasteiger partial charge on any atom is 0.235 e. The first-order valence-corrected chi connectivity index (χ1v) is 3.41. The van der Waals surface area contributed by atoms with Crippen LogP contribution in [0, 0.1) is 10.1 Å². The van der Waals surface area contributed by atoms with Crippen molar-refractivity contribution in [3.8, 4) is 0 Å². The van der Waals surface area contributed by atoms with Gasteiger partial charge >= 0.3 is 0 Å². The van der Waals surface area contributed by atoms with Crippen molar-refractivity contribution in [2.45, 2.75) is 38.1 Å². The minimum Gasteiger partial charge on any atom is -0.264 e. The van der Waals surface area contributed by atoms with Crippen LogP contribution < -0.4 is 0 Å². The molecule has 0 saturated heterocycles. The lowest BCUT2D eigenvalue weighted by Crippen LogP contribution is -2.47. The van der Waals surface area contributed by atoms with E-state index in [9.17, 15) is 10.1 Å². The summed E-state index contributed by atoms with van der Waals surface area (Å²) in [5.41, 5.74) is -1.07. The van der Waals surface area contributed by atoms with Gasteiger partial charge in [0.15, 0.2) is 0 Å². The number of alkyl halides is 1. The molecule has 0 N–H and O–H groups in total. The molecule has 3 nitrogen and oxygen atoms in total. The minimum absolute atomic E-state index is 0.361. The Kier molecular flexibility index (Phi) is 2.31. The number of rotatable bonds is 2. The Morgan fingerprint density at radius 2 is 1.60 bits per heavy atom. The standard InChI is InChI=1S/C6H12ClNO2/c1-5(2,7)6(3,4)8(9)10/h1-4H3. The molecule has 60 valence electrons. The van der Waals surface area contributed by atoms with Crippen LogP contribution in [-0.2, 0) is 0 Å². The van der Waals surface area contributed by atoms with Gasteiger partial charge in [0.25, 0.3) is 0 Å². The zero-order valence-electron chi connectivity index (χ0n) is 6.64. The summed E-state index contributed by atoms with van der Waals surface area (Å²) in [6.45, 7) is 6.30. The van der Waals surface area contributed by atoms with Crippen molar-refractivity contribution in [3.63, 3.8) is 0 Å². The zero-order chi connectivity index (χ0) is 8.58. The van der Waals surface area contributed by atoms with Gasteiger partial charge in [-0.2, -0.15) is 0 Å². The summed E-state index contributed by atoms with van der Waals surface area (Å²) in [5, 5.41) is 10.4. The van der Waals surface area contributed by atoms with Gasteiger partial charge in [0.2, 0.25) is 5.54 Å². The number of halogens is 1. The van der Waals surface area contributed by atoms with Crippen LogP contribution in [-0.4, -0.2) is 15.3 Å². The maximum absolute atomic E-state index is 10.4. The van der Waals surface area contributed by atoms with Gasteiger partial charge in [0.1, 0.15) is 4.87 Å². The van der Waals surface area contributed by atoms with E-state index in [0.717, 1.165) is 0 Å². The fourth-order valence-electron chi connectivity index (χ4n) is 0.217. The van der Waals surface area contributed by atoms with Gasteiger partial charge in [-0.25, -0.2) is 0 Å². The van der Waals surface area contributed by atoms with Crippen molar-refractivity contribution in [2.75, 3.05) is 0 Å². The van der Waals surface area contributed by atoms with E-state index < -0.39 is 10.4 Å². The Labute approximate surface area is 65.5 Å². The molecule has 0 amide bonds. The van der Waals surface area contributed by atoms with Gasteiger partial charge in [-0.05, 0) is 13.8 Å². The van der Waals surface area contributed by atoms with Crippen LogP contribution in [0.4, 0.5) is 0 Å². The van der Waals surface area contributed by atoms with Gasteiger partial charge in [-0.3, -0.25) is 10.1 Å². The van der Waals surface area contributed by atoms with Crippen LogP contribution in [0.1, 0.15) is 27.7 Å². The third-order valence-electron chi connectivity index (χ3n) is 1.91. The van der Waals surface area contributed by atoms with Crippen molar-refractivity contribution >= 4 is 11.6 Å². The summed E-state index contributed by atoms with van der Waals surface area (Å²) in [6.07, 6.45) is 0. The van der Waals surface area contributed by atoms with Crippen molar-refractivity contribution in [2.24, 2.45) is 0 Å². The molecule has 0 aromatic carbocycles. The van der Waals surface area contributed by atoms with Gasteiger partial charge in [0, 0.05) is 18.8 Å². The van der Waals surface area contributed by atoms with Crippen LogP contribution in [0.15, 0.2) is 0 Å². The first kappa shape index (κ1) is 9.69. The Balaban J connectivity index is 4.57. The molecule has 4 heteroatoms. The highest BCUT2D eigenvalue weighted by molar-refractivity contribution is 6.24. The molecule has 0 aliphatic heterocycles. The molecule has 0 unspecified atom stereocenters. The maximum atomic E-state index is 10.4. The van der Waals surface area contributed by atoms with E-state index in [-0.39, 0.29) is 4.92 Å². The van der Waals surface area contributed by atoms with E-state index in [0.29, 0.717) is 0 Å². The number of nitrogens with zero attached hydrogens (tertiary/aromatic N) is 1. The second-order valence-electron chi connectivity index (χ2n) is 3.29. The summed E-state index contributed by atoms with van der Waals surface area (Å²) in [7, 11) is 0. The molecule has 0 aliphatic carbocycles. The van der Waals surface area contributed by atoms with E-state index in [4.69, 9.17) is 11.6 Å². The van der Waals surface area contributed by atoms with Crippen molar-refractivity contribution < 1.29 is 4.92 Å². The molecule has 0 radical (unpaired) electrons. The molecule has 10 heavy (non-hydrogen) atoms. The molecule has 0 saturated carbocycles. The Hall–Kier alpha value is -0.310. The third-order valence-corrected chi connectivity index (χ3v) is 2.37. The predicted molar refractivity (Wildman–Crippen MR) is 41.0 cm³/mol. The van der Waals surface area contributed by atoms with Gasteiger partial charge < -0.3 is 0 Å². The van der Waals surface area contributed by atoms with Crippen LogP contribution in [0.2, 0.25) is 0 Å². The molecule has 0 fully saturated rings. The summed E-state index contributed by atoms with van der Waals surface area (Å²) in [6, 6.07) is 0. The van der Waals surface area contributed by atoms with Crippen LogP contribution in [0.25, 0.3) is 0 Å². The van der Waals surface area contributed by atoms with Gasteiger partial charge in [-0.15, -0.1) is 11.6 Å². The van der Waals surface area contributed by atoms with E-state index in [2.05, 4.69) is 0 Å². The molecule has 0 aromatic heterocycles. The normalized spacial score (nSPS) is 13.3. The molecule has 0 spiro atoms. The molecule has 0 aliphatic rings. The monoisotopic (exact) mass is 165 g/mol. The zero-order valence-corrected chi connectivity index (χ0v) is 7.40. The third kappa shape index (κ3) is 1.59. The first-order chi connectivity index (χ1) is 4.19. The Morgan fingerprint density at radius 3 is 1.60 bits per heavy atom. The summed E-state index contributed by atoms with van der Waals surface area (Å²) >= 11 is 5.78. The van der Waals surface area contributed by atoms with Gasteiger partial charge in [-0.1, -0.05) is 0 Å². The first-order valence-electron chi connectivity index (χ1n) is 3.03. The lowest BCUT2D eigenvalue weighted by Gasteiger charge is -2.27. The average Bonchev–Trinajstić information content (AvgIpc) is 1.62. The van der Waals surface area contributed by atoms with Crippen molar-refractivity contribution in [3.05, 3.63) is 10.1 Å². The van der Waals surface area contributed by atoms with E-state index in [1.165, 1.54) is 13.8 Å². The number of nitro groups is 1. The largest absolute Gasteiger partial charge is 0.264 e. The predicted octanol–water partition coefficient (Wildman–Crippen LogP) is 2.06. The molecule has 0 heterocycles. The molecule has 0 rings (SSSR count). The molecule has 0 aromatic rings. The van der Waals surface area contributed by atoms with Crippen molar-refractivity contribution in [1.82, 2.24) is 0 Å². The topological polar surface area (TPSA) is 43.1 Å². The summed E-state index contributed by atoms with van der Waals surface area (Å²) in [4.78, 5) is 9.22. The lowest BCUT2D eigenvalue weighted by molar-refractivity contribution is -0.566. The summed E-state index contributed by atoms with van der Waals surface area (Å²) < 4.78 is 0. The van der Waals surface area contributed by atoms with Crippen LogP contribution in [0.5, 0.6) is 0 Å². The highest BCUT2D eigenvalue weighted by atomic mass is 35.5. The highest BCUT2D eigenvalue weighted by Gasteiger charge is 2.46. The number of hydrogen-bond donors (Lipinski definition) is 0. The fraction of sp³-hybridized carbons (Fsp3) is 1.00. The Bertz CT molecular complexity index is 148. The molecule has 0 bridgehead atoms. The van der Waals surface area contributed by atoms with E-state index >= 15 is 0 Å². The SMILES string of the molecule is CC(C)(Cl)C(C)(C)[N+](=O)[O-]. The number of hydrogen-bond acceptors (Lipinski definition) is 2. The summed E-state index contributed by atoms with van der Waals surface area (Å²) in [5.74, 6) is 0. The lowest BCUT2D eigenvalue weighted by atomic mass is 9.91. The molecular formula is C6H12ClNO2.